The third-order valence-corrected chi connectivity index (χ3v) is 6.40. The van der Waals surface area contributed by atoms with Gasteiger partial charge < -0.3 is 5.32 Å². The molecular weight excluding hydrogens is 354 g/mol. The van der Waals surface area contributed by atoms with Crippen LogP contribution in [0.5, 0.6) is 0 Å². The molecule has 0 radical (unpaired) electrons. The lowest BCUT2D eigenvalue weighted by Crippen LogP contribution is -1.97. The first-order chi connectivity index (χ1) is 9.76. The maximum absolute atomic E-state index is 4.79. The second-order valence-corrected chi connectivity index (χ2v) is 8.33. The zero-order chi connectivity index (χ0) is 13.7. The molecule has 0 unspecified atom stereocenters. The fourth-order valence-corrected chi connectivity index (χ4v) is 5.30. The van der Waals surface area contributed by atoms with Crippen molar-refractivity contribution in [2.45, 2.75) is 19.3 Å². The number of aryl methyl sites for hydroxylation is 2. The van der Waals surface area contributed by atoms with Gasteiger partial charge in [0.15, 0.2) is 5.82 Å². The Bertz CT molecular complexity index is 806. The van der Waals surface area contributed by atoms with Crippen LogP contribution >= 0.6 is 38.6 Å². The predicted molar refractivity (Wildman–Crippen MR) is 90.0 cm³/mol. The molecule has 4 rings (SSSR count). The molecule has 1 N–H and O–H groups in total. The van der Waals surface area contributed by atoms with Gasteiger partial charge in [-0.1, -0.05) is 0 Å². The normalized spacial score (nSPS) is 13.9. The summed E-state index contributed by atoms with van der Waals surface area (Å²) in [7, 11) is 1.94. The fraction of sp³-hybridized carbons (Fsp3) is 0.286. The summed E-state index contributed by atoms with van der Waals surface area (Å²) in [6.45, 7) is 0. The van der Waals surface area contributed by atoms with Gasteiger partial charge in [0, 0.05) is 11.9 Å². The maximum Gasteiger partial charge on any atom is 0.173 e. The fourth-order valence-electron chi connectivity index (χ4n) is 2.72. The molecule has 3 aromatic rings. The van der Waals surface area contributed by atoms with Crippen molar-refractivity contribution in [2.75, 3.05) is 12.4 Å². The number of hydrogen-bond donors (Lipinski definition) is 1. The molecule has 1 aliphatic carbocycles. The highest BCUT2D eigenvalue weighted by Gasteiger charge is 2.22. The highest BCUT2D eigenvalue weighted by atomic mass is 79.9. The first-order valence-corrected chi connectivity index (χ1v) is 8.94. The van der Waals surface area contributed by atoms with Crippen LogP contribution in [-0.4, -0.2) is 17.0 Å². The molecule has 0 saturated carbocycles. The van der Waals surface area contributed by atoms with E-state index in [1.165, 1.54) is 28.7 Å². The summed E-state index contributed by atoms with van der Waals surface area (Å²) < 4.78 is 1.11. The molecule has 0 atom stereocenters. The summed E-state index contributed by atoms with van der Waals surface area (Å²) in [5.74, 6) is 1.78. The average molecular weight is 366 g/mol. The Morgan fingerprint density at radius 1 is 1.20 bits per heavy atom. The van der Waals surface area contributed by atoms with Gasteiger partial charge in [0.2, 0.25) is 0 Å². The van der Waals surface area contributed by atoms with Crippen molar-refractivity contribution in [1.82, 2.24) is 9.97 Å². The second kappa shape index (κ2) is 4.79. The summed E-state index contributed by atoms with van der Waals surface area (Å²) in [6, 6.07) is 4.11. The number of halogens is 1. The van der Waals surface area contributed by atoms with E-state index in [4.69, 9.17) is 9.97 Å². The molecule has 0 bridgehead atoms. The minimum absolute atomic E-state index is 0.817. The number of anilines is 1. The van der Waals surface area contributed by atoms with Crippen molar-refractivity contribution >= 4 is 54.6 Å². The van der Waals surface area contributed by atoms with Gasteiger partial charge in [-0.15, -0.1) is 22.7 Å². The molecule has 1 aliphatic rings. The number of aromatic nitrogens is 2. The van der Waals surface area contributed by atoms with Crippen LogP contribution in [0.1, 0.15) is 16.9 Å². The minimum atomic E-state index is 0.817. The van der Waals surface area contributed by atoms with Gasteiger partial charge in [-0.25, -0.2) is 9.97 Å². The first-order valence-electron chi connectivity index (χ1n) is 6.52. The van der Waals surface area contributed by atoms with Crippen LogP contribution in [0.3, 0.4) is 0 Å². The molecule has 6 heteroatoms. The van der Waals surface area contributed by atoms with Gasteiger partial charge in [0.1, 0.15) is 10.6 Å². The number of nitrogens with one attached hydrogen (secondary N) is 1. The molecule has 3 nitrogen and oxygen atoms in total. The summed E-state index contributed by atoms with van der Waals surface area (Å²) in [6.07, 6.45) is 3.62. The lowest BCUT2D eigenvalue weighted by molar-refractivity contribution is 0.917. The van der Waals surface area contributed by atoms with Gasteiger partial charge in [-0.2, -0.15) is 0 Å². The average Bonchev–Trinajstić information content (AvgIpc) is 3.12. The van der Waals surface area contributed by atoms with Gasteiger partial charge >= 0.3 is 0 Å². The predicted octanol–water partition coefficient (Wildman–Crippen LogP) is 4.71. The van der Waals surface area contributed by atoms with Gasteiger partial charge in [0.25, 0.3) is 0 Å². The largest absolute Gasteiger partial charge is 0.372 e. The van der Waals surface area contributed by atoms with Crippen molar-refractivity contribution in [1.29, 1.82) is 0 Å². The van der Waals surface area contributed by atoms with Crippen LogP contribution in [0.4, 0.5) is 5.82 Å². The quantitative estimate of drug-likeness (QED) is 0.714. The Morgan fingerprint density at radius 2 is 2.10 bits per heavy atom. The lowest BCUT2D eigenvalue weighted by atomic mass is 10.2. The van der Waals surface area contributed by atoms with E-state index in [1.54, 1.807) is 11.3 Å². The second-order valence-electron chi connectivity index (χ2n) is 4.79. The lowest BCUT2D eigenvalue weighted by Gasteiger charge is -2.05. The number of fused-ring (bicyclic) bond motifs is 3. The Morgan fingerprint density at radius 3 is 2.85 bits per heavy atom. The van der Waals surface area contributed by atoms with E-state index in [-0.39, 0.29) is 0 Å². The maximum atomic E-state index is 4.79. The topological polar surface area (TPSA) is 37.8 Å². The van der Waals surface area contributed by atoms with Crippen molar-refractivity contribution in [3.8, 4) is 10.7 Å². The van der Waals surface area contributed by atoms with Crippen molar-refractivity contribution in [2.24, 2.45) is 0 Å². The standard InChI is InChI=1S/C14H12BrN3S2/c1-16-13-11-7-3-2-4-8(7)20-14(11)18-12(17-13)9-5-6-10(15)19-9/h5-6H,2-4H2,1H3,(H,16,17,18). The summed E-state index contributed by atoms with van der Waals surface area (Å²) in [5.41, 5.74) is 1.47. The molecule has 20 heavy (non-hydrogen) atoms. The smallest absolute Gasteiger partial charge is 0.173 e. The molecule has 0 amide bonds. The molecule has 3 heterocycles. The summed E-state index contributed by atoms with van der Waals surface area (Å²) in [5, 5.41) is 4.49. The molecule has 0 aliphatic heterocycles. The van der Waals surface area contributed by atoms with Gasteiger partial charge in [-0.3, -0.25) is 0 Å². The highest BCUT2D eigenvalue weighted by Crippen LogP contribution is 2.41. The molecular formula is C14H12BrN3S2. The van der Waals surface area contributed by atoms with Crippen LogP contribution in [0.15, 0.2) is 15.9 Å². The molecule has 3 aromatic heterocycles. The number of thiophene rings is 2. The minimum Gasteiger partial charge on any atom is -0.372 e. The van der Waals surface area contributed by atoms with E-state index in [1.807, 2.05) is 24.5 Å². The van der Waals surface area contributed by atoms with E-state index in [9.17, 15) is 0 Å². The van der Waals surface area contributed by atoms with Crippen molar-refractivity contribution in [3.63, 3.8) is 0 Å². The van der Waals surface area contributed by atoms with E-state index >= 15 is 0 Å². The van der Waals surface area contributed by atoms with Crippen molar-refractivity contribution < 1.29 is 0 Å². The molecule has 0 aromatic carbocycles. The molecule has 0 spiro atoms. The van der Waals surface area contributed by atoms with Crippen LogP contribution in [-0.2, 0) is 12.8 Å². The first kappa shape index (κ1) is 12.7. The number of nitrogens with zero attached hydrogens (tertiary/aromatic N) is 2. The summed E-state index contributed by atoms with van der Waals surface area (Å²) in [4.78, 5) is 13.2. The Hall–Kier alpha value is -0.980. The Kier molecular flexibility index (Phi) is 3.05. The third kappa shape index (κ3) is 1.89. The zero-order valence-corrected chi connectivity index (χ0v) is 14.1. The molecule has 0 saturated heterocycles. The monoisotopic (exact) mass is 365 g/mol. The highest BCUT2D eigenvalue weighted by molar-refractivity contribution is 9.11. The van der Waals surface area contributed by atoms with Gasteiger partial charge in [-0.05, 0) is 52.9 Å². The van der Waals surface area contributed by atoms with Crippen LogP contribution < -0.4 is 5.32 Å². The SMILES string of the molecule is CNc1nc(-c2ccc(Br)s2)nc2sc3c(c12)CCC3. The zero-order valence-electron chi connectivity index (χ0n) is 10.9. The molecule has 0 fully saturated rings. The number of rotatable bonds is 2. The van der Waals surface area contributed by atoms with Gasteiger partial charge in [0.05, 0.1) is 14.0 Å². The van der Waals surface area contributed by atoms with Crippen LogP contribution in [0, 0.1) is 0 Å². The molecule has 102 valence electrons. The van der Waals surface area contributed by atoms with E-state index in [0.29, 0.717) is 0 Å². The van der Waals surface area contributed by atoms with Crippen LogP contribution in [0.25, 0.3) is 20.9 Å². The van der Waals surface area contributed by atoms with Crippen LogP contribution in [0.2, 0.25) is 0 Å². The van der Waals surface area contributed by atoms with E-state index < -0.39 is 0 Å². The van der Waals surface area contributed by atoms with E-state index in [2.05, 4.69) is 27.3 Å². The third-order valence-electron chi connectivity index (χ3n) is 3.60. The Labute approximate surface area is 133 Å². The summed E-state index contributed by atoms with van der Waals surface area (Å²) >= 11 is 7.00. The van der Waals surface area contributed by atoms with Crippen molar-refractivity contribution in [3.05, 3.63) is 26.4 Å². The van der Waals surface area contributed by atoms with E-state index in [0.717, 1.165) is 31.6 Å². The Balaban J connectivity index is 1.97. The number of hydrogen-bond acceptors (Lipinski definition) is 5.